The molecule has 0 radical (unpaired) electrons. The molecule has 0 N–H and O–H groups in total. The Morgan fingerprint density at radius 2 is 1.68 bits per heavy atom. The van der Waals surface area contributed by atoms with Crippen LogP contribution < -0.4 is 4.18 Å². The van der Waals surface area contributed by atoms with Gasteiger partial charge in [0.05, 0.1) is 12.2 Å². The van der Waals surface area contributed by atoms with E-state index in [4.69, 9.17) is 4.74 Å². The van der Waals surface area contributed by atoms with E-state index < -0.39 is 56.0 Å². The van der Waals surface area contributed by atoms with Gasteiger partial charge in [0.15, 0.2) is 0 Å². The molecular weight excluding hydrogens is 458 g/mol. The van der Waals surface area contributed by atoms with Crippen LogP contribution in [0.5, 0.6) is 5.75 Å². The fourth-order valence-corrected chi connectivity index (χ4v) is 3.15. The van der Waals surface area contributed by atoms with Crippen molar-refractivity contribution in [2.75, 3.05) is 6.61 Å². The summed E-state index contributed by atoms with van der Waals surface area (Å²) in [4.78, 5) is 12.3. The molecule has 0 aliphatic carbocycles. The summed E-state index contributed by atoms with van der Waals surface area (Å²) in [6.07, 6.45) is -5.02. The number of halogens is 6. The van der Waals surface area contributed by atoms with Crippen LogP contribution >= 0.6 is 0 Å². The molecule has 0 unspecified atom stereocenters. The summed E-state index contributed by atoms with van der Waals surface area (Å²) in [6, 6.07) is 4.64. The van der Waals surface area contributed by atoms with Gasteiger partial charge >= 0.3 is 27.8 Å². The monoisotopic (exact) mass is 470 g/mol. The van der Waals surface area contributed by atoms with Gasteiger partial charge in [-0.1, -0.05) is 12.1 Å². The Labute approximate surface area is 171 Å². The van der Waals surface area contributed by atoms with Crippen molar-refractivity contribution in [3.05, 3.63) is 41.2 Å². The number of hydrogen-bond donors (Lipinski definition) is 0. The second-order valence-electron chi connectivity index (χ2n) is 5.84. The summed E-state index contributed by atoms with van der Waals surface area (Å²) in [7, 11) is -5.08. The molecule has 168 valence electrons. The fourth-order valence-electron chi connectivity index (χ4n) is 2.70. The first-order valence-electron chi connectivity index (χ1n) is 8.14. The van der Waals surface area contributed by atoms with Crippen molar-refractivity contribution in [1.82, 2.24) is 4.57 Å². The number of carbonyl (C=O) groups is 1. The molecule has 0 spiro atoms. The van der Waals surface area contributed by atoms with Crippen LogP contribution in [0.2, 0.25) is 0 Å². The molecular formula is C17H12F6N2O5S. The zero-order valence-corrected chi connectivity index (χ0v) is 16.4. The first kappa shape index (κ1) is 24.1. The van der Waals surface area contributed by atoms with E-state index in [9.17, 15) is 44.8 Å². The fraction of sp³-hybridized carbons (Fsp3) is 0.294. The van der Waals surface area contributed by atoms with Gasteiger partial charge < -0.3 is 13.5 Å². The minimum absolute atomic E-state index is 0.186. The van der Waals surface area contributed by atoms with E-state index >= 15 is 0 Å². The maximum absolute atomic E-state index is 13.5. The lowest BCUT2D eigenvalue weighted by molar-refractivity contribution is -0.143. The highest BCUT2D eigenvalue weighted by Gasteiger charge is 2.48. The maximum Gasteiger partial charge on any atom is 0.534 e. The predicted octanol–water partition coefficient (Wildman–Crippen LogP) is 3.99. The molecule has 0 amide bonds. The van der Waals surface area contributed by atoms with Gasteiger partial charge in [-0.25, -0.2) is 4.79 Å². The van der Waals surface area contributed by atoms with Crippen molar-refractivity contribution < 1.29 is 48.5 Å². The third-order valence-corrected chi connectivity index (χ3v) is 4.85. The summed E-state index contributed by atoms with van der Waals surface area (Å²) >= 11 is 0. The molecule has 31 heavy (non-hydrogen) atoms. The van der Waals surface area contributed by atoms with Crippen molar-refractivity contribution in [1.29, 1.82) is 5.26 Å². The summed E-state index contributed by atoms with van der Waals surface area (Å²) < 4.78 is 109. The minimum Gasteiger partial charge on any atom is -0.461 e. The van der Waals surface area contributed by atoms with Crippen LogP contribution in [0.1, 0.15) is 28.7 Å². The van der Waals surface area contributed by atoms with Gasteiger partial charge in [0.25, 0.3) is 0 Å². The van der Waals surface area contributed by atoms with E-state index in [0.717, 1.165) is 31.3 Å². The molecule has 14 heteroatoms. The molecule has 2 aromatic rings. The number of carbonyl (C=O) groups excluding carboxylic acids is 1. The van der Waals surface area contributed by atoms with Gasteiger partial charge in [-0.15, -0.1) is 0 Å². The molecule has 1 aromatic carbocycles. The van der Waals surface area contributed by atoms with E-state index in [2.05, 4.69) is 4.18 Å². The molecule has 2 rings (SSSR count). The van der Waals surface area contributed by atoms with Gasteiger partial charge in [-0.3, -0.25) is 0 Å². The lowest BCUT2D eigenvalue weighted by Crippen LogP contribution is -2.28. The molecule has 1 heterocycles. The van der Waals surface area contributed by atoms with Crippen LogP contribution in [0.15, 0.2) is 24.3 Å². The molecule has 0 bridgehead atoms. The largest absolute Gasteiger partial charge is 0.534 e. The summed E-state index contributed by atoms with van der Waals surface area (Å²) in [5, 5.41) is 9.33. The minimum atomic E-state index is -5.97. The predicted molar refractivity (Wildman–Crippen MR) is 92.1 cm³/mol. The Balaban J connectivity index is 2.68. The second kappa shape index (κ2) is 8.14. The number of rotatable bonds is 5. The van der Waals surface area contributed by atoms with Crippen LogP contribution in [0.4, 0.5) is 26.3 Å². The number of hydrogen-bond acceptors (Lipinski definition) is 6. The van der Waals surface area contributed by atoms with E-state index in [0.29, 0.717) is 4.57 Å². The van der Waals surface area contributed by atoms with Crippen LogP contribution in [0.25, 0.3) is 11.1 Å². The van der Waals surface area contributed by atoms with Crippen molar-refractivity contribution in [3.8, 4) is 22.9 Å². The van der Waals surface area contributed by atoms with Crippen LogP contribution in [-0.2, 0) is 28.1 Å². The maximum atomic E-state index is 13.5. The van der Waals surface area contributed by atoms with E-state index in [1.807, 2.05) is 0 Å². The Morgan fingerprint density at radius 1 is 1.13 bits per heavy atom. The Kier molecular flexibility index (Phi) is 6.32. The third-order valence-electron chi connectivity index (χ3n) is 3.88. The quantitative estimate of drug-likeness (QED) is 0.284. The molecule has 7 nitrogen and oxygen atoms in total. The zero-order chi connectivity index (χ0) is 23.8. The molecule has 0 aliphatic rings. The first-order valence-corrected chi connectivity index (χ1v) is 9.54. The average Bonchev–Trinajstić information content (AvgIpc) is 2.93. The smallest absolute Gasteiger partial charge is 0.461 e. The number of benzene rings is 1. The topological polar surface area (TPSA) is 98.4 Å². The number of esters is 1. The number of ether oxygens (including phenoxy) is 1. The summed E-state index contributed by atoms with van der Waals surface area (Å²) in [6.45, 7) is 1.22. The Morgan fingerprint density at radius 3 is 2.10 bits per heavy atom. The standard InChI is InChI=1S/C17H12F6N2O5S/c1-3-29-15(26)13-12(11(8-24)14(25(13)2)16(18,19)20)9-4-6-10(7-5-9)30-31(27,28)17(21,22)23/h4-7H,3H2,1-2H3. The summed E-state index contributed by atoms with van der Waals surface area (Å²) in [5.74, 6) is -1.96. The van der Waals surface area contributed by atoms with Gasteiger partial charge in [-0.2, -0.15) is 40.0 Å². The first-order chi connectivity index (χ1) is 14.2. The number of nitriles is 1. The molecule has 0 saturated carbocycles. The third kappa shape index (κ3) is 4.61. The molecule has 0 fully saturated rings. The van der Waals surface area contributed by atoms with Crippen molar-refractivity contribution in [2.24, 2.45) is 7.05 Å². The van der Waals surface area contributed by atoms with Crippen LogP contribution in [0, 0.1) is 11.3 Å². The molecule has 0 aliphatic heterocycles. The average molecular weight is 470 g/mol. The number of aromatic nitrogens is 1. The van der Waals surface area contributed by atoms with E-state index in [1.54, 1.807) is 0 Å². The Hall–Kier alpha value is -3.21. The summed E-state index contributed by atoms with van der Waals surface area (Å²) in [5.41, 5.74) is -9.36. The zero-order valence-electron chi connectivity index (χ0n) is 15.6. The molecule has 1 aromatic heterocycles. The van der Waals surface area contributed by atoms with Gasteiger partial charge in [0.1, 0.15) is 23.2 Å². The van der Waals surface area contributed by atoms with Gasteiger partial charge in [-0.05, 0) is 24.6 Å². The lowest BCUT2D eigenvalue weighted by Gasteiger charge is -2.11. The number of alkyl halides is 6. The van der Waals surface area contributed by atoms with Crippen LogP contribution in [-0.4, -0.2) is 31.1 Å². The van der Waals surface area contributed by atoms with Crippen molar-refractivity contribution in [2.45, 2.75) is 18.6 Å². The number of nitrogens with zero attached hydrogens (tertiary/aromatic N) is 2. The van der Waals surface area contributed by atoms with Gasteiger partial charge in [0.2, 0.25) is 0 Å². The van der Waals surface area contributed by atoms with Crippen molar-refractivity contribution >= 4 is 16.1 Å². The highest BCUT2D eigenvalue weighted by molar-refractivity contribution is 7.88. The van der Waals surface area contributed by atoms with E-state index in [-0.39, 0.29) is 12.2 Å². The van der Waals surface area contributed by atoms with Crippen molar-refractivity contribution in [3.63, 3.8) is 0 Å². The lowest BCUT2D eigenvalue weighted by atomic mass is 10.0. The molecule has 0 atom stereocenters. The highest BCUT2D eigenvalue weighted by atomic mass is 32.2. The van der Waals surface area contributed by atoms with Gasteiger partial charge in [0, 0.05) is 12.6 Å². The van der Waals surface area contributed by atoms with E-state index in [1.165, 1.54) is 13.0 Å². The SMILES string of the molecule is CCOC(=O)c1c(-c2ccc(OS(=O)(=O)C(F)(F)F)cc2)c(C#N)c(C(F)(F)F)n1C. The molecule has 0 saturated heterocycles. The normalized spacial score (nSPS) is 12.4. The second-order valence-corrected chi connectivity index (χ2v) is 7.38. The van der Waals surface area contributed by atoms with Crippen LogP contribution in [0.3, 0.4) is 0 Å². The highest BCUT2D eigenvalue weighted by Crippen LogP contribution is 2.41. The Bertz CT molecular complexity index is 1140.